The Morgan fingerprint density at radius 1 is 0.191 bits per heavy atom. The number of rotatable bonds is 25. The second-order valence-corrected chi connectivity index (χ2v) is 40.9. The third-order valence-corrected chi connectivity index (χ3v) is 37.5. The van der Waals surface area contributed by atoms with Crippen LogP contribution in [0.1, 0.15) is 111 Å². The molecule has 0 aromatic heterocycles. The molecule has 26 aromatic carbocycles. The summed E-state index contributed by atoms with van der Waals surface area (Å²) < 4.78 is 0. The summed E-state index contributed by atoms with van der Waals surface area (Å²) in [5, 5.41) is 153. The number of carboxylic acids is 10. The molecule has 0 fully saturated rings. The van der Waals surface area contributed by atoms with Gasteiger partial charge in [0.25, 0.3) is 0 Å². The van der Waals surface area contributed by atoms with Crippen molar-refractivity contribution in [2.24, 2.45) is 29.6 Å². The van der Waals surface area contributed by atoms with Crippen LogP contribution in [0.4, 0.5) is 0 Å². The minimum absolute atomic E-state index is 0.388. The average Bonchev–Trinajstić information content (AvgIpc) is 1.36. The fourth-order valence-electron chi connectivity index (χ4n) is 34.0. The van der Waals surface area contributed by atoms with Gasteiger partial charge in [0.1, 0.15) is 4.87 Å². The molecular formula is C110H45ClO20. The maximum Gasteiger partial charge on any atom is 0.318 e. The second kappa shape index (κ2) is 18.3. The summed E-state index contributed by atoms with van der Waals surface area (Å²) in [5.41, 5.74) is 10.7. The van der Waals surface area contributed by atoms with E-state index in [-0.39, 0.29) is 12.8 Å². The number of halogens is 1. The topological polar surface area (TPSA) is 373 Å². The Bertz CT molecular complexity index is 9910. The lowest BCUT2D eigenvalue weighted by molar-refractivity contribution is -0.156. The fourth-order valence-corrected chi connectivity index (χ4v) is 34.7. The van der Waals surface area contributed by atoms with Crippen molar-refractivity contribution in [2.75, 3.05) is 0 Å². The van der Waals surface area contributed by atoms with E-state index in [1.165, 1.54) is 108 Å². The van der Waals surface area contributed by atoms with E-state index in [0.717, 1.165) is 208 Å². The van der Waals surface area contributed by atoms with Crippen molar-refractivity contribution in [3.8, 4) is 0 Å². The van der Waals surface area contributed by atoms with Crippen LogP contribution in [0.5, 0.6) is 0 Å². The third kappa shape index (κ3) is 5.28. The average molecular weight is 1720 g/mol. The van der Waals surface area contributed by atoms with Gasteiger partial charge in [0, 0.05) is 0 Å². The molecule has 37 rings (SSSR count). The van der Waals surface area contributed by atoms with Gasteiger partial charge in [0.05, 0.1) is 27.1 Å². The van der Waals surface area contributed by atoms with Crippen LogP contribution in [0.25, 0.3) is 215 Å². The minimum Gasteiger partial charge on any atom is -0.481 e. The van der Waals surface area contributed by atoms with Gasteiger partial charge in [-0.3, -0.25) is 47.9 Å². The number of carbonyl (C=O) groups is 10. The van der Waals surface area contributed by atoms with E-state index in [1.807, 2.05) is 72.8 Å². The summed E-state index contributed by atoms with van der Waals surface area (Å²) in [6, 6.07) is 39.3. The zero-order valence-electron chi connectivity index (χ0n) is 66.9. The number of carboxylic acid groups (broad SMARTS) is 10. The molecule has 26 aromatic rings. The molecule has 0 spiro atoms. The largest absolute Gasteiger partial charge is 0.481 e. The van der Waals surface area contributed by atoms with Crippen LogP contribution >= 0.6 is 11.6 Å². The molecule has 0 aliphatic heterocycles. The van der Waals surface area contributed by atoms with Crippen molar-refractivity contribution in [1.29, 1.82) is 0 Å². The highest BCUT2D eigenvalue weighted by Gasteiger charge is 2.87. The van der Waals surface area contributed by atoms with E-state index in [1.54, 1.807) is 0 Å². The first kappa shape index (κ1) is 66.5. The van der Waals surface area contributed by atoms with Gasteiger partial charge in [-0.25, -0.2) is 0 Å². The molecule has 0 bridgehead atoms. The van der Waals surface area contributed by atoms with Crippen LogP contribution in [0.2, 0.25) is 0 Å². The van der Waals surface area contributed by atoms with Gasteiger partial charge in [-0.05, 0) is 381 Å². The van der Waals surface area contributed by atoms with Crippen LogP contribution in [-0.4, -0.2) is 116 Å². The Labute approximate surface area is 729 Å². The van der Waals surface area contributed by atoms with Crippen molar-refractivity contribution in [2.45, 2.75) is 64.1 Å². The predicted molar refractivity (Wildman–Crippen MR) is 484 cm³/mol. The molecule has 10 N–H and O–H groups in total. The summed E-state index contributed by atoms with van der Waals surface area (Å²) in [7, 11) is 0. The van der Waals surface area contributed by atoms with Gasteiger partial charge in [-0.2, -0.15) is 0 Å². The van der Waals surface area contributed by atoms with E-state index in [4.69, 9.17) is 0 Å². The Morgan fingerprint density at radius 2 is 0.328 bits per heavy atom. The van der Waals surface area contributed by atoms with Crippen LogP contribution in [0.3, 0.4) is 0 Å². The number of hydrogen-bond donors (Lipinski definition) is 10. The van der Waals surface area contributed by atoms with Gasteiger partial charge >= 0.3 is 59.7 Å². The van der Waals surface area contributed by atoms with E-state index in [0.29, 0.717) is 33.4 Å². The summed E-state index contributed by atoms with van der Waals surface area (Å²) >= 11 is 11.2. The van der Waals surface area contributed by atoms with Crippen molar-refractivity contribution >= 4 is 287 Å². The predicted octanol–water partition coefficient (Wildman–Crippen LogP) is 18.1. The molecule has 0 amide bonds. The van der Waals surface area contributed by atoms with E-state index >= 15 is 0 Å². The molecule has 11 aliphatic carbocycles. The van der Waals surface area contributed by atoms with Crippen LogP contribution in [0, 0.1) is 29.6 Å². The first-order chi connectivity index (χ1) is 63.3. The molecule has 0 saturated carbocycles. The van der Waals surface area contributed by atoms with Crippen LogP contribution in [-0.2, 0) is 107 Å². The normalized spacial score (nSPS) is 22.5. The van der Waals surface area contributed by atoms with Crippen molar-refractivity contribution < 1.29 is 99.0 Å². The number of hydrogen-bond acceptors (Lipinski definition) is 10. The van der Waals surface area contributed by atoms with Crippen molar-refractivity contribution in [3.05, 3.63) is 255 Å². The lowest BCUT2D eigenvalue weighted by atomic mass is 9.39. The van der Waals surface area contributed by atoms with Gasteiger partial charge in [0.2, 0.25) is 0 Å². The fraction of sp³-hybridized carbons (Fsp3) is 0.145. The van der Waals surface area contributed by atoms with Crippen molar-refractivity contribution in [1.82, 2.24) is 0 Å². The highest BCUT2D eigenvalue weighted by atomic mass is 35.5. The standard InChI is InChI=1S/C110H45ClO20/c111-110-93-91-92-94(110)108(34-17-7-29(8-18-34)24-39(101(124)125)102(126)127)86-76-66-56-48-43-41-42-44-45(43)50-58(56)68-70-60(50)59-49(44)57-55-47(42)53-51-46(41)52-54(48)64(66)74-72-62(52)61(51)71-73-63(53)65(55)75-77-67(57)69(59)79-80(70)90(88(108)78(68)76)109(110,35-19-9-30(10-20-35)25-40(103(128)129)104(130)131)89(79)87(77)107(93,33-15-5-28(6-16-33)23-38(99(120)121)100(122)123)85(75)83(73)105(91,31-11-1-26(2-12-31)21-36(95(112)113)96(114)115)81(71)82(72)106(92,84(74)86)32-13-3-27(4-14-32)22-37(97(116)117)98(118)119/h1-20,36-40H,21-25H2,(H,112,113)(H,114,115)(H,116,117)(H,118,119)(H,120,121)(H,122,123)(H,124,125)(H,126,127)(H,128,129)(H,130,131). The van der Waals surface area contributed by atoms with Crippen molar-refractivity contribution in [3.63, 3.8) is 0 Å². The lowest BCUT2D eigenvalue weighted by Gasteiger charge is -2.64. The maximum atomic E-state index is 13.3. The molecule has 131 heavy (non-hydrogen) atoms. The molecular weight excluding hydrogens is 1680 g/mol. The lowest BCUT2D eigenvalue weighted by Crippen LogP contribution is -2.65. The van der Waals surface area contributed by atoms with Gasteiger partial charge in [-0.15, -0.1) is 11.6 Å². The minimum atomic E-state index is -2.04. The maximum absolute atomic E-state index is 13.3. The molecule has 21 heteroatoms. The summed E-state index contributed by atoms with van der Waals surface area (Å²) in [6.07, 6.45) is -1.96. The molecule has 11 aliphatic rings. The molecule has 20 nitrogen and oxygen atoms in total. The zero-order valence-corrected chi connectivity index (χ0v) is 67.7. The first-order valence-electron chi connectivity index (χ1n) is 44.0. The van der Waals surface area contributed by atoms with Gasteiger partial charge < -0.3 is 51.1 Å². The SMILES string of the molecule is O=C(O)C(Cc1ccc(C23C4=C5C6(c7ccc(CC(C(=O)O)C(=O)O)cc7)c7c2c2c8c3c3c9c%10c%11c%12c%13c%14c%15c%16c%17c%18c(c6c6c7c7c2c2c%19c8c9c8c9c%10c%13c%10c%13c%14c%17c%14c%17c%18c6c6c7c2c2c(c%198)c(c9%10)c(c%13%14)c2c6%17)C%16(c2ccc(CC(C(=O)O)C(=O)O)cc2)C5(Cl)C(=C4C3%11c2ccc(CC(C(=O)O)C(=O)O)cc2)C%12%15c2ccc(CC(C(=O)O)C(=O)O)cc2)cc1)C(=O)O. The Hall–Kier alpha value is -15.9. The Balaban J connectivity index is 0.858. The number of alkyl halides is 1. The van der Waals surface area contributed by atoms with Crippen LogP contribution < -0.4 is 0 Å². The Kier molecular flexibility index (Phi) is 9.30. The first-order valence-corrected chi connectivity index (χ1v) is 44.4. The number of benzene rings is 20. The summed E-state index contributed by atoms with van der Waals surface area (Å²) in [5.74, 6) is -24.4. The Morgan fingerprint density at radius 3 is 0.504 bits per heavy atom. The quantitative estimate of drug-likeness (QED) is 0.0144. The molecule has 0 radical (unpaired) electrons. The van der Waals surface area contributed by atoms with Crippen LogP contribution in [0.15, 0.2) is 144 Å². The third-order valence-electron chi connectivity index (χ3n) is 36.8. The number of allylic oxidation sites excluding steroid dienone is 4. The monoisotopic (exact) mass is 1720 g/mol. The number of aliphatic carboxylic acids is 10. The highest BCUT2D eigenvalue weighted by molar-refractivity contribution is 6.77. The zero-order chi connectivity index (χ0) is 87.3. The summed E-state index contributed by atoms with van der Waals surface area (Å²) in [6.45, 7) is 0. The van der Waals surface area contributed by atoms with E-state index in [9.17, 15) is 111 Å². The summed E-state index contributed by atoms with van der Waals surface area (Å²) in [4.78, 5) is 131. The van der Waals surface area contributed by atoms with Gasteiger partial charge in [0.15, 0.2) is 29.6 Å². The smallest absolute Gasteiger partial charge is 0.318 e. The van der Waals surface area contributed by atoms with E-state index < -0.39 is 140 Å². The van der Waals surface area contributed by atoms with E-state index in [2.05, 4.69) is 48.5 Å². The second-order valence-electron chi connectivity index (χ2n) is 40.3. The molecule has 612 valence electrons. The molecule has 0 heterocycles. The molecule has 4 unspecified atom stereocenters. The highest BCUT2D eigenvalue weighted by Crippen LogP contribution is 2.95. The molecule has 4 atom stereocenters. The van der Waals surface area contributed by atoms with Gasteiger partial charge in [-0.1, -0.05) is 121 Å². The molecule has 0 saturated heterocycles.